The lowest BCUT2D eigenvalue weighted by molar-refractivity contribution is 0.101. The van der Waals surface area contributed by atoms with Crippen LogP contribution in [0, 0.1) is 0 Å². The molecule has 3 aromatic rings. The lowest BCUT2D eigenvalue weighted by Crippen LogP contribution is -2.17. The summed E-state index contributed by atoms with van der Waals surface area (Å²) in [4.78, 5) is 17.1. The Morgan fingerprint density at radius 2 is 2.21 bits per heavy atom. The zero-order valence-electron chi connectivity index (χ0n) is 12.5. The summed E-state index contributed by atoms with van der Waals surface area (Å²) in [7, 11) is 1.78. The fourth-order valence-electron chi connectivity index (χ4n) is 2.55. The number of nitrogens with zero attached hydrogens (tertiary/aromatic N) is 3. The van der Waals surface area contributed by atoms with Gasteiger partial charge in [0.15, 0.2) is 5.13 Å². The molecular formula is C15H12Cl2N4OS2. The molecule has 0 saturated heterocycles. The van der Waals surface area contributed by atoms with Crippen molar-refractivity contribution >= 4 is 56.9 Å². The fourth-order valence-corrected chi connectivity index (χ4v) is 4.74. The molecule has 124 valence electrons. The SMILES string of the molecule is Cn1ncc(C2CC2)c1C(=O)Nc1nc(-c2cc(Cl)sc2Cl)cs1. The first kappa shape index (κ1) is 16.1. The van der Waals surface area contributed by atoms with Crippen molar-refractivity contribution in [1.29, 1.82) is 0 Å². The minimum atomic E-state index is -0.188. The third-order valence-electron chi connectivity index (χ3n) is 3.86. The number of carbonyl (C=O) groups is 1. The molecule has 1 N–H and O–H groups in total. The maximum atomic E-state index is 12.6. The first-order valence-corrected chi connectivity index (χ1v) is 9.72. The fraction of sp³-hybridized carbons (Fsp3) is 0.267. The standard InChI is InChI=1S/C15H12Cl2N4OS2/c1-21-12(9(5-18-21)7-2-3-7)14(22)20-15-19-10(6-23-15)8-4-11(16)24-13(8)17/h4-7H,2-3H2,1H3,(H,19,20,22). The number of aromatic nitrogens is 3. The highest BCUT2D eigenvalue weighted by molar-refractivity contribution is 7.20. The maximum absolute atomic E-state index is 12.6. The first-order valence-electron chi connectivity index (χ1n) is 7.27. The summed E-state index contributed by atoms with van der Waals surface area (Å²) in [5.41, 5.74) is 3.10. The van der Waals surface area contributed by atoms with Crippen LogP contribution in [0.5, 0.6) is 0 Å². The van der Waals surface area contributed by atoms with Crippen LogP contribution < -0.4 is 5.32 Å². The van der Waals surface area contributed by atoms with Gasteiger partial charge >= 0.3 is 0 Å². The Bertz CT molecular complexity index is 926. The van der Waals surface area contributed by atoms with E-state index in [-0.39, 0.29) is 5.91 Å². The number of halogens is 2. The van der Waals surface area contributed by atoms with E-state index in [1.807, 2.05) is 5.38 Å². The summed E-state index contributed by atoms with van der Waals surface area (Å²) in [6.45, 7) is 0. The Hall–Kier alpha value is -1.41. The highest BCUT2D eigenvalue weighted by atomic mass is 35.5. The van der Waals surface area contributed by atoms with Crippen molar-refractivity contribution in [3.63, 3.8) is 0 Å². The molecule has 3 heterocycles. The van der Waals surface area contributed by atoms with E-state index < -0.39 is 0 Å². The molecule has 0 aliphatic heterocycles. The van der Waals surface area contributed by atoms with E-state index in [9.17, 15) is 4.79 Å². The van der Waals surface area contributed by atoms with Gasteiger partial charge in [0.2, 0.25) is 0 Å². The van der Waals surface area contributed by atoms with Crippen molar-refractivity contribution in [2.45, 2.75) is 18.8 Å². The van der Waals surface area contributed by atoms with E-state index in [0.717, 1.165) is 24.0 Å². The zero-order chi connectivity index (χ0) is 16.8. The minimum absolute atomic E-state index is 0.188. The molecule has 1 saturated carbocycles. The third kappa shape index (κ3) is 2.97. The van der Waals surface area contributed by atoms with Gasteiger partial charge in [0.1, 0.15) is 10.0 Å². The predicted octanol–water partition coefficient (Wildman–Crippen LogP) is 5.04. The van der Waals surface area contributed by atoms with Gasteiger partial charge < -0.3 is 0 Å². The number of nitrogens with one attached hydrogen (secondary N) is 1. The van der Waals surface area contributed by atoms with Crippen molar-refractivity contribution in [3.05, 3.63) is 37.6 Å². The topological polar surface area (TPSA) is 59.8 Å². The number of amides is 1. The number of anilines is 1. The molecule has 5 nitrogen and oxygen atoms in total. The molecule has 1 amide bonds. The van der Waals surface area contributed by atoms with Crippen LogP contribution >= 0.6 is 45.9 Å². The van der Waals surface area contributed by atoms with Gasteiger partial charge in [-0.1, -0.05) is 23.2 Å². The molecule has 0 aromatic carbocycles. The van der Waals surface area contributed by atoms with Crippen molar-refractivity contribution in [2.24, 2.45) is 7.05 Å². The van der Waals surface area contributed by atoms with Gasteiger partial charge in [0.05, 0.1) is 16.2 Å². The van der Waals surface area contributed by atoms with E-state index in [1.54, 1.807) is 24.0 Å². The molecule has 4 rings (SSSR count). The van der Waals surface area contributed by atoms with Crippen LogP contribution in [0.3, 0.4) is 0 Å². The molecule has 0 bridgehead atoms. The molecule has 1 fully saturated rings. The van der Waals surface area contributed by atoms with Crippen LogP contribution in [0.2, 0.25) is 8.67 Å². The second kappa shape index (κ2) is 6.15. The van der Waals surface area contributed by atoms with Crippen LogP contribution in [0.4, 0.5) is 5.13 Å². The minimum Gasteiger partial charge on any atom is -0.296 e. The Balaban J connectivity index is 1.57. The van der Waals surface area contributed by atoms with Crippen LogP contribution in [-0.2, 0) is 7.05 Å². The number of thiazole rings is 1. The van der Waals surface area contributed by atoms with Gasteiger partial charge in [-0.05, 0) is 24.8 Å². The number of aryl methyl sites for hydroxylation is 1. The summed E-state index contributed by atoms with van der Waals surface area (Å²) in [5, 5.41) is 9.45. The highest BCUT2D eigenvalue weighted by Crippen LogP contribution is 2.42. The summed E-state index contributed by atoms with van der Waals surface area (Å²) in [6.07, 6.45) is 4.02. The highest BCUT2D eigenvalue weighted by Gasteiger charge is 2.31. The lowest BCUT2D eigenvalue weighted by atomic mass is 10.1. The Morgan fingerprint density at radius 1 is 1.42 bits per heavy atom. The Kier molecular flexibility index (Phi) is 4.12. The largest absolute Gasteiger partial charge is 0.296 e. The second-order valence-electron chi connectivity index (χ2n) is 5.58. The summed E-state index contributed by atoms with van der Waals surface area (Å²) in [6, 6.07) is 1.78. The van der Waals surface area contributed by atoms with E-state index in [1.165, 1.54) is 22.7 Å². The average Bonchev–Trinajstić information content (AvgIpc) is 3.00. The molecular weight excluding hydrogens is 387 g/mol. The normalized spacial score (nSPS) is 14.1. The second-order valence-corrected chi connectivity index (χ2v) is 8.72. The van der Waals surface area contributed by atoms with Gasteiger partial charge in [-0.3, -0.25) is 14.8 Å². The number of hydrogen-bond donors (Lipinski definition) is 1. The van der Waals surface area contributed by atoms with E-state index in [2.05, 4.69) is 15.4 Å². The van der Waals surface area contributed by atoms with Crippen LogP contribution in [-0.4, -0.2) is 20.7 Å². The average molecular weight is 399 g/mol. The summed E-state index contributed by atoms with van der Waals surface area (Å²) in [5.74, 6) is 0.269. The Labute approximate surface area is 156 Å². The van der Waals surface area contributed by atoms with Gasteiger partial charge in [-0.25, -0.2) is 4.98 Å². The van der Waals surface area contributed by atoms with Crippen LogP contribution in [0.15, 0.2) is 17.6 Å². The molecule has 0 radical (unpaired) electrons. The number of hydrogen-bond acceptors (Lipinski definition) is 5. The third-order valence-corrected chi connectivity index (χ3v) is 6.10. The first-order chi connectivity index (χ1) is 11.5. The van der Waals surface area contributed by atoms with Crippen LogP contribution in [0.1, 0.15) is 34.8 Å². The number of rotatable bonds is 4. The predicted molar refractivity (Wildman–Crippen MR) is 98.6 cm³/mol. The van der Waals surface area contributed by atoms with Crippen LogP contribution in [0.25, 0.3) is 11.3 Å². The lowest BCUT2D eigenvalue weighted by Gasteiger charge is -2.05. The van der Waals surface area contributed by atoms with Crippen molar-refractivity contribution in [1.82, 2.24) is 14.8 Å². The number of thiophene rings is 1. The van der Waals surface area contributed by atoms with E-state index in [0.29, 0.717) is 31.1 Å². The van der Waals surface area contributed by atoms with Gasteiger partial charge in [0.25, 0.3) is 5.91 Å². The maximum Gasteiger partial charge on any atom is 0.275 e. The summed E-state index contributed by atoms with van der Waals surface area (Å²) >= 11 is 14.8. The molecule has 0 spiro atoms. The smallest absolute Gasteiger partial charge is 0.275 e. The molecule has 0 unspecified atom stereocenters. The molecule has 0 atom stereocenters. The molecule has 1 aliphatic rings. The summed E-state index contributed by atoms with van der Waals surface area (Å²) < 4.78 is 2.82. The quantitative estimate of drug-likeness (QED) is 0.669. The van der Waals surface area contributed by atoms with Gasteiger partial charge in [0, 0.05) is 23.6 Å². The van der Waals surface area contributed by atoms with E-state index >= 15 is 0 Å². The van der Waals surface area contributed by atoms with Crippen molar-refractivity contribution in [2.75, 3.05) is 5.32 Å². The van der Waals surface area contributed by atoms with Crippen molar-refractivity contribution in [3.8, 4) is 11.3 Å². The van der Waals surface area contributed by atoms with Gasteiger partial charge in [-0.15, -0.1) is 22.7 Å². The van der Waals surface area contributed by atoms with E-state index in [4.69, 9.17) is 23.2 Å². The van der Waals surface area contributed by atoms with Crippen molar-refractivity contribution < 1.29 is 4.79 Å². The number of carbonyl (C=O) groups excluding carboxylic acids is 1. The monoisotopic (exact) mass is 398 g/mol. The zero-order valence-corrected chi connectivity index (χ0v) is 15.7. The molecule has 3 aromatic heterocycles. The molecule has 9 heteroatoms. The Morgan fingerprint density at radius 3 is 2.88 bits per heavy atom. The van der Waals surface area contributed by atoms with Gasteiger partial charge in [-0.2, -0.15) is 5.10 Å². The molecule has 24 heavy (non-hydrogen) atoms. The molecule has 1 aliphatic carbocycles.